The van der Waals surface area contributed by atoms with Crippen LogP contribution in [0.15, 0.2) is 0 Å². The predicted molar refractivity (Wildman–Crippen MR) is 68.4 cm³/mol. The third kappa shape index (κ3) is 3.65. The van der Waals surface area contributed by atoms with Gasteiger partial charge >= 0.3 is 0 Å². The average Bonchev–Trinajstić information content (AvgIpc) is 2.29. The fourth-order valence-electron chi connectivity index (χ4n) is 2.71. The number of hydrogen-bond acceptors (Lipinski definition) is 3. The van der Waals surface area contributed by atoms with Crippen LogP contribution >= 0.6 is 11.8 Å². The lowest BCUT2D eigenvalue weighted by atomic mass is 9.80. The molecule has 0 aromatic rings. The predicted octanol–water partition coefficient (Wildman–Crippen LogP) is 2.09. The highest BCUT2D eigenvalue weighted by Gasteiger charge is 2.27. The third-order valence-electron chi connectivity index (χ3n) is 3.88. The molecule has 2 aliphatic rings. The summed E-state index contributed by atoms with van der Waals surface area (Å²) in [7, 11) is 0. The molecule has 0 radical (unpaired) electrons. The van der Waals surface area contributed by atoms with Gasteiger partial charge in [-0.15, -0.1) is 0 Å². The number of hydrogen-bond donors (Lipinski definition) is 1. The summed E-state index contributed by atoms with van der Waals surface area (Å²) in [6, 6.07) is 0. The maximum absolute atomic E-state index is 6.44. The van der Waals surface area contributed by atoms with Gasteiger partial charge in [0.05, 0.1) is 0 Å². The first kappa shape index (κ1) is 11.7. The summed E-state index contributed by atoms with van der Waals surface area (Å²) in [6.45, 7) is 3.79. The quantitative estimate of drug-likeness (QED) is 0.802. The van der Waals surface area contributed by atoms with E-state index < -0.39 is 0 Å². The molecule has 0 aromatic heterocycles. The summed E-state index contributed by atoms with van der Waals surface area (Å²) in [5.74, 6) is 2.63. The van der Waals surface area contributed by atoms with E-state index in [2.05, 4.69) is 16.7 Å². The second-order valence-corrected chi connectivity index (χ2v) is 6.35. The Labute approximate surface area is 98.0 Å². The number of rotatable bonds is 3. The van der Waals surface area contributed by atoms with E-state index in [-0.39, 0.29) is 5.54 Å². The SMILES string of the molecule is NC1(CCN2CCSCC2)CCCCC1. The lowest BCUT2D eigenvalue weighted by Gasteiger charge is -2.36. The Morgan fingerprint density at radius 3 is 2.40 bits per heavy atom. The van der Waals surface area contributed by atoms with Crippen molar-refractivity contribution < 1.29 is 0 Å². The van der Waals surface area contributed by atoms with Gasteiger partial charge in [-0.25, -0.2) is 0 Å². The lowest BCUT2D eigenvalue weighted by molar-refractivity contribution is 0.218. The Bertz CT molecular complexity index is 184. The number of nitrogens with zero attached hydrogens (tertiary/aromatic N) is 1. The molecule has 1 saturated heterocycles. The molecule has 3 heteroatoms. The monoisotopic (exact) mass is 228 g/mol. The molecule has 0 amide bonds. The van der Waals surface area contributed by atoms with E-state index in [0.717, 1.165) is 0 Å². The van der Waals surface area contributed by atoms with E-state index in [1.54, 1.807) is 0 Å². The van der Waals surface area contributed by atoms with Crippen molar-refractivity contribution >= 4 is 11.8 Å². The number of thioether (sulfide) groups is 1. The average molecular weight is 228 g/mol. The van der Waals surface area contributed by atoms with Gasteiger partial charge in [-0.1, -0.05) is 19.3 Å². The molecule has 0 atom stereocenters. The highest BCUT2D eigenvalue weighted by atomic mass is 32.2. The van der Waals surface area contributed by atoms with Gasteiger partial charge in [-0.05, 0) is 25.8 Å². The minimum atomic E-state index is 0.183. The van der Waals surface area contributed by atoms with Gasteiger partial charge in [-0.2, -0.15) is 11.8 Å². The molecule has 15 heavy (non-hydrogen) atoms. The van der Waals surface area contributed by atoms with Crippen molar-refractivity contribution in [2.45, 2.75) is 44.1 Å². The van der Waals surface area contributed by atoms with Crippen LogP contribution in [0.5, 0.6) is 0 Å². The molecule has 0 bridgehead atoms. The van der Waals surface area contributed by atoms with Crippen molar-refractivity contribution in [1.29, 1.82) is 0 Å². The largest absolute Gasteiger partial charge is 0.325 e. The molecule has 2 nitrogen and oxygen atoms in total. The van der Waals surface area contributed by atoms with Crippen molar-refractivity contribution in [2.24, 2.45) is 5.73 Å². The molecule has 2 fully saturated rings. The molecule has 88 valence electrons. The third-order valence-corrected chi connectivity index (χ3v) is 4.82. The minimum absolute atomic E-state index is 0.183. The summed E-state index contributed by atoms with van der Waals surface area (Å²) in [5.41, 5.74) is 6.63. The van der Waals surface area contributed by atoms with Gasteiger partial charge in [0.2, 0.25) is 0 Å². The van der Waals surface area contributed by atoms with E-state index in [4.69, 9.17) is 5.73 Å². The minimum Gasteiger partial charge on any atom is -0.325 e. The van der Waals surface area contributed by atoms with E-state index >= 15 is 0 Å². The highest BCUT2D eigenvalue weighted by molar-refractivity contribution is 7.99. The Morgan fingerprint density at radius 1 is 1.07 bits per heavy atom. The summed E-state index contributed by atoms with van der Waals surface area (Å²) in [4.78, 5) is 2.60. The Hall–Kier alpha value is 0.270. The van der Waals surface area contributed by atoms with Crippen LogP contribution in [-0.4, -0.2) is 41.6 Å². The Kier molecular flexibility index (Phi) is 4.35. The maximum Gasteiger partial charge on any atom is 0.0166 e. The molecule has 1 aliphatic carbocycles. The van der Waals surface area contributed by atoms with Crippen LogP contribution in [0.3, 0.4) is 0 Å². The second-order valence-electron chi connectivity index (χ2n) is 5.13. The molecular formula is C12H24N2S. The normalized spacial score (nSPS) is 27.8. The number of nitrogens with two attached hydrogens (primary N) is 1. The molecule has 0 aromatic carbocycles. The van der Waals surface area contributed by atoms with Gasteiger partial charge in [0, 0.05) is 30.1 Å². The van der Waals surface area contributed by atoms with Crippen molar-refractivity contribution in [2.75, 3.05) is 31.1 Å². The van der Waals surface area contributed by atoms with Crippen LogP contribution in [0.1, 0.15) is 38.5 Å². The standard InChI is InChI=1S/C12H24N2S/c13-12(4-2-1-3-5-12)6-7-14-8-10-15-11-9-14/h1-11,13H2. The fraction of sp³-hybridized carbons (Fsp3) is 1.00. The smallest absolute Gasteiger partial charge is 0.0166 e. The molecule has 1 saturated carbocycles. The second kappa shape index (κ2) is 5.55. The first-order valence-corrected chi connectivity index (χ1v) is 7.53. The summed E-state index contributed by atoms with van der Waals surface area (Å²) < 4.78 is 0. The lowest BCUT2D eigenvalue weighted by Crippen LogP contribution is -2.45. The zero-order valence-electron chi connectivity index (χ0n) is 9.71. The molecule has 1 aliphatic heterocycles. The van der Waals surface area contributed by atoms with E-state index in [9.17, 15) is 0 Å². The zero-order valence-corrected chi connectivity index (χ0v) is 10.5. The topological polar surface area (TPSA) is 29.3 Å². The Balaban J connectivity index is 1.70. The molecule has 2 rings (SSSR count). The maximum atomic E-state index is 6.44. The van der Waals surface area contributed by atoms with Gasteiger partial charge in [0.25, 0.3) is 0 Å². The van der Waals surface area contributed by atoms with E-state index in [0.29, 0.717) is 0 Å². The molecule has 1 heterocycles. The van der Waals surface area contributed by atoms with Gasteiger partial charge in [0.1, 0.15) is 0 Å². The van der Waals surface area contributed by atoms with Crippen molar-refractivity contribution in [3.8, 4) is 0 Å². The van der Waals surface area contributed by atoms with Crippen molar-refractivity contribution in [3.63, 3.8) is 0 Å². The van der Waals surface area contributed by atoms with Gasteiger partial charge in [0.15, 0.2) is 0 Å². The molecule has 0 spiro atoms. The van der Waals surface area contributed by atoms with Gasteiger partial charge < -0.3 is 10.6 Å². The van der Waals surface area contributed by atoms with Crippen LogP contribution in [0, 0.1) is 0 Å². The van der Waals surface area contributed by atoms with Crippen LogP contribution in [0.25, 0.3) is 0 Å². The Morgan fingerprint density at radius 2 is 1.73 bits per heavy atom. The zero-order chi connectivity index (χ0) is 10.6. The summed E-state index contributed by atoms with van der Waals surface area (Å²) in [5, 5.41) is 0. The van der Waals surface area contributed by atoms with Crippen molar-refractivity contribution in [1.82, 2.24) is 4.90 Å². The molecule has 0 unspecified atom stereocenters. The van der Waals surface area contributed by atoms with Gasteiger partial charge in [-0.3, -0.25) is 0 Å². The van der Waals surface area contributed by atoms with Crippen LogP contribution < -0.4 is 5.73 Å². The highest BCUT2D eigenvalue weighted by Crippen LogP contribution is 2.29. The van der Waals surface area contributed by atoms with E-state index in [1.807, 2.05) is 0 Å². The van der Waals surface area contributed by atoms with Crippen LogP contribution in [0.4, 0.5) is 0 Å². The summed E-state index contributed by atoms with van der Waals surface area (Å²) in [6.07, 6.45) is 7.85. The van der Waals surface area contributed by atoms with Crippen molar-refractivity contribution in [3.05, 3.63) is 0 Å². The van der Waals surface area contributed by atoms with Crippen LogP contribution in [0.2, 0.25) is 0 Å². The first-order valence-electron chi connectivity index (χ1n) is 6.38. The molecule has 2 N–H and O–H groups in total. The van der Waals surface area contributed by atoms with Crippen LogP contribution in [-0.2, 0) is 0 Å². The fourth-order valence-corrected chi connectivity index (χ4v) is 3.69. The first-order chi connectivity index (χ1) is 7.29. The molecular weight excluding hydrogens is 204 g/mol. The van der Waals surface area contributed by atoms with E-state index in [1.165, 1.54) is 69.7 Å². The summed E-state index contributed by atoms with van der Waals surface area (Å²) >= 11 is 2.09.